The minimum absolute atomic E-state index is 0.0568. The van der Waals surface area contributed by atoms with E-state index in [-0.39, 0.29) is 24.6 Å². The molecule has 2 aromatic carbocycles. The molecule has 1 heterocycles. The van der Waals surface area contributed by atoms with Crippen LogP contribution in [-0.2, 0) is 11.3 Å². The fraction of sp³-hybridized carbons (Fsp3) is 0.125. The number of nitro benzene ring substituents is 1. The predicted octanol–water partition coefficient (Wildman–Crippen LogP) is 2.17. The maximum Gasteiger partial charge on any atom is 0.310 e. The average Bonchev–Trinajstić information content (AvgIpc) is 3.01. The summed E-state index contributed by atoms with van der Waals surface area (Å²) in [4.78, 5) is 29.6. The highest BCUT2D eigenvalue weighted by atomic mass is 16.6. The number of benzene rings is 2. The van der Waals surface area contributed by atoms with Gasteiger partial charge in [-0.2, -0.15) is 0 Å². The molecule has 0 radical (unpaired) electrons. The van der Waals surface area contributed by atoms with Crippen LogP contribution >= 0.6 is 0 Å². The monoisotopic (exact) mass is 326 g/mol. The van der Waals surface area contributed by atoms with Crippen molar-refractivity contribution in [3.05, 3.63) is 64.5 Å². The van der Waals surface area contributed by atoms with E-state index in [1.807, 2.05) is 24.3 Å². The fourth-order valence-electron chi connectivity index (χ4n) is 2.20. The summed E-state index contributed by atoms with van der Waals surface area (Å²) in [6, 6.07) is 13.4. The molecule has 1 aromatic heterocycles. The van der Waals surface area contributed by atoms with Crippen molar-refractivity contribution in [1.29, 1.82) is 0 Å². The highest BCUT2D eigenvalue weighted by Gasteiger charge is 2.15. The number of carbonyl (C=O) groups excluding carboxylic acids is 1. The summed E-state index contributed by atoms with van der Waals surface area (Å²) >= 11 is 0. The Morgan fingerprint density at radius 2 is 1.96 bits per heavy atom. The average molecular weight is 326 g/mol. The normalized spacial score (nSPS) is 10.5. The molecule has 0 aliphatic carbocycles. The minimum atomic E-state index is -0.554. The van der Waals surface area contributed by atoms with Crippen LogP contribution in [0, 0.1) is 10.1 Å². The molecule has 24 heavy (non-hydrogen) atoms. The van der Waals surface area contributed by atoms with Gasteiger partial charge in [0.25, 0.3) is 5.91 Å². The van der Waals surface area contributed by atoms with Crippen LogP contribution in [0.4, 0.5) is 5.69 Å². The SMILES string of the molecule is O=C(COc1ccccc1[N+](=O)[O-])NCc1nc2ccccc2[nH]1. The maximum absolute atomic E-state index is 11.8. The fourth-order valence-corrected chi connectivity index (χ4v) is 2.20. The molecule has 8 heteroatoms. The summed E-state index contributed by atoms with van der Waals surface area (Å²) in [7, 11) is 0. The first-order chi connectivity index (χ1) is 11.6. The van der Waals surface area contributed by atoms with E-state index in [1.54, 1.807) is 6.07 Å². The Morgan fingerprint density at radius 1 is 1.21 bits per heavy atom. The van der Waals surface area contributed by atoms with Gasteiger partial charge < -0.3 is 15.0 Å². The Morgan fingerprint density at radius 3 is 2.75 bits per heavy atom. The van der Waals surface area contributed by atoms with Gasteiger partial charge in [-0.05, 0) is 18.2 Å². The number of aromatic amines is 1. The number of nitrogens with one attached hydrogen (secondary N) is 2. The highest BCUT2D eigenvalue weighted by Crippen LogP contribution is 2.25. The van der Waals surface area contributed by atoms with Crippen molar-refractivity contribution in [3.63, 3.8) is 0 Å². The van der Waals surface area contributed by atoms with Crippen LogP contribution in [0.1, 0.15) is 5.82 Å². The first kappa shape index (κ1) is 15.5. The van der Waals surface area contributed by atoms with E-state index >= 15 is 0 Å². The van der Waals surface area contributed by atoms with Gasteiger partial charge in [0, 0.05) is 6.07 Å². The van der Waals surface area contributed by atoms with Crippen LogP contribution in [0.25, 0.3) is 11.0 Å². The molecule has 3 rings (SSSR count). The molecule has 8 nitrogen and oxygen atoms in total. The van der Waals surface area contributed by atoms with Crippen LogP contribution in [0.2, 0.25) is 0 Å². The maximum atomic E-state index is 11.8. The molecule has 0 saturated heterocycles. The number of ether oxygens (including phenoxy) is 1. The molecule has 3 aromatic rings. The first-order valence-electron chi connectivity index (χ1n) is 7.20. The summed E-state index contributed by atoms with van der Waals surface area (Å²) in [5.41, 5.74) is 1.53. The number of nitro groups is 1. The number of aromatic nitrogens is 2. The lowest BCUT2D eigenvalue weighted by Gasteiger charge is -2.06. The molecule has 0 aliphatic heterocycles. The first-order valence-corrected chi connectivity index (χ1v) is 7.20. The summed E-state index contributed by atoms with van der Waals surface area (Å²) in [5, 5.41) is 13.5. The third-order valence-corrected chi connectivity index (χ3v) is 3.31. The van der Waals surface area contributed by atoms with Crippen molar-refractivity contribution in [3.8, 4) is 5.75 Å². The van der Waals surface area contributed by atoms with Crippen molar-refractivity contribution in [1.82, 2.24) is 15.3 Å². The minimum Gasteiger partial charge on any atom is -0.477 e. The van der Waals surface area contributed by atoms with E-state index in [2.05, 4.69) is 15.3 Å². The largest absolute Gasteiger partial charge is 0.477 e. The van der Waals surface area contributed by atoms with Crippen LogP contribution in [-0.4, -0.2) is 27.4 Å². The lowest BCUT2D eigenvalue weighted by atomic mass is 10.3. The number of rotatable bonds is 6. The van der Waals surface area contributed by atoms with Crippen LogP contribution in [0.5, 0.6) is 5.75 Å². The Balaban J connectivity index is 1.55. The van der Waals surface area contributed by atoms with Crippen molar-refractivity contribution in [2.75, 3.05) is 6.61 Å². The summed E-state index contributed by atoms with van der Waals surface area (Å²) < 4.78 is 5.22. The van der Waals surface area contributed by atoms with E-state index in [0.29, 0.717) is 5.82 Å². The third-order valence-electron chi connectivity index (χ3n) is 3.31. The summed E-state index contributed by atoms with van der Waals surface area (Å²) in [5.74, 6) is 0.283. The van der Waals surface area contributed by atoms with E-state index < -0.39 is 10.8 Å². The van der Waals surface area contributed by atoms with Crippen molar-refractivity contribution in [2.24, 2.45) is 0 Å². The molecule has 0 spiro atoms. The van der Waals surface area contributed by atoms with Crippen LogP contribution < -0.4 is 10.1 Å². The number of amides is 1. The molecule has 122 valence electrons. The number of carbonyl (C=O) groups is 1. The second kappa shape index (κ2) is 6.78. The number of H-pyrrole nitrogens is 1. The van der Waals surface area contributed by atoms with Gasteiger partial charge >= 0.3 is 5.69 Å². The molecule has 0 unspecified atom stereocenters. The zero-order valence-electron chi connectivity index (χ0n) is 12.6. The number of hydrogen-bond donors (Lipinski definition) is 2. The van der Waals surface area contributed by atoms with Gasteiger partial charge in [0.05, 0.1) is 22.5 Å². The Hall–Kier alpha value is -3.42. The van der Waals surface area contributed by atoms with E-state index in [9.17, 15) is 14.9 Å². The van der Waals surface area contributed by atoms with Gasteiger partial charge in [0.1, 0.15) is 5.82 Å². The van der Waals surface area contributed by atoms with Crippen molar-refractivity contribution < 1.29 is 14.5 Å². The van der Waals surface area contributed by atoms with Gasteiger partial charge in [-0.3, -0.25) is 14.9 Å². The molecule has 0 saturated carbocycles. The topological polar surface area (TPSA) is 110 Å². The highest BCUT2D eigenvalue weighted by molar-refractivity contribution is 5.78. The lowest BCUT2D eigenvalue weighted by Crippen LogP contribution is -2.28. The number of fused-ring (bicyclic) bond motifs is 1. The molecular formula is C16H14N4O4. The van der Waals surface area contributed by atoms with Gasteiger partial charge in [-0.25, -0.2) is 4.98 Å². The number of imidazole rings is 1. The summed E-state index contributed by atoms with van der Waals surface area (Å²) in [6.45, 7) is -0.0984. The standard InChI is InChI=1S/C16H14N4O4/c21-16(10-24-14-8-4-3-7-13(14)20(22)23)17-9-15-18-11-5-1-2-6-12(11)19-15/h1-8H,9-10H2,(H,17,21)(H,18,19). The van der Waals surface area contributed by atoms with E-state index in [0.717, 1.165) is 11.0 Å². The van der Waals surface area contributed by atoms with Gasteiger partial charge in [-0.15, -0.1) is 0 Å². The number of para-hydroxylation sites is 4. The molecular weight excluding hydrogens is 312 g/mol. The molecule has 0 bridgehead atoms. The van der Waals surface area contributed by atoms with E-state index in [4.69, 9.17) is 4.74 Å². The van der Waals surface area contributed by atoms with Gasteiger partial charge in [0.2, 0.25) is 0 Å². The molecule has 0 atom stereocenters. The second-order valence-corrected chi connectivity index (χ2v) is 4.99. The van der Waals surface area contributed by atoms with Crippen molar-refractivity contribution >= 4 is 22.6 Å². The zero-order valence-corrected chi connectivity index (χ0v) is 12.6. The Labute approximate surface area is 136 Å². The lowest BCUT2D eigenvalue weighted by molar-refractivity contribution is -0.385. The molecule has 0 fully saturated rings. The predicted molar refractivity (Wildman–Crippen MR) is 86.5 cm³/mol. The number of nitrogens with zero attached hydrogens (tertiary/aromatic N) is 2. The van der Waals surface area contributed by atoms with Gasteiger partial charge in [0.15, 0.2) is 12.4 Å². The van der Waals surface area contributed by atoms with Crippen LogP contribution in [0.3, 0.4) is 0 Å². The smallest absolute Gasteiger partial charge is 0.310 e. The number of hydrogen-bond acceptors (Lipinski definition) is 5. The van der Waals surface area contributed by atoms with Crippen LogP contribution in [0.15, 0.2) is 48.5 Å². The van der Waals surface area contributed by atoms with Crippen molar-refractivity contribution in [2.45, 2.75) is 6.54 Å². The second-order valence-electron chi connectivity index (χ2n) is 4.99. The zero-order chi connectivity index (χ0) is 16.9. The molecule has 0 aliphatic rings. The Kier molecular flexibility index (Phi) is 4.37. The summed E-state index contributed by atoms with van der Waals surface area (Å²) in [6.07, 6.45) is 0. The quantitative estimate of drug-likeness (QED) is 0.533. The van der Waals surface area contributed by atoms with E-state index in [1.165, 1.54) is 18.2 Å². The third kappa shape index (κ3) is 3.49. The Bertz CT molecular complexity index is 857. The molecule has 1 amide bonds. The van der Waals surface area contributed by atoms with Gasteiger partial charge in [-0.1, -0.05) is 24.3 Å². The molecule has 2 N–H and O–H groups in total.